The van der Waals surface area contributed by atoms with Crippen LogP contribution in [0.15, 0.2) is 77.9 Å². The molecule has 0 aliphatic carbocycles. The highest BCUT2D eigenvalue weighted by molar-refractivity contribution is 6.36. The van der Waals surface area contributed by atoms with Crippen LogP contribution in [0.3, 0.4) is 0 Å². The van der Waals surface area contributed by atoms with Gasteiger partial charge in [-0.3, -0.25) is 14.6 Å². The minimum absolute atomic E-state index is 0.266. The van der Waals surface area contributed by atoms with E-state index in [1.165, 1.54) is 17.3 Å². The standard InChI is InChI=1S/C26H26Cl2N4O/c27-24-11-10-23(25(28)16-24)17-29-30-26(33)22-8-6-21(7-9-22)19-32-14-12-31(13-15-32)18-20-4-2-1-3-5-20/h1-11,16-17H,12-15,18-19H2,(H,30,33)/b29-17-. The predicted octanol–water partition coefficient (Wildman–Crippen LogP) is 5.08. The quantitative estimate of drug-likeness (QED) is 0.379. The first-order chi connectivity index (χ1) is 16.1. The zero-order valence-electron chi connectivity index (χ0n) is 18.3. The number of halogens is 2. The van der Waals surface area contributed by atoms with E-state index in [1.807, 2.05) is 24.3 Å². The monoisotopic (exact) mass is 480 g/mol. The van der Waals surface area contributed by atoms with Gasteiger partial charge in [0.1, 0.15) is 0 Å². The molecule has 3 aromatic carbocycles. The second-order valence-electron chi connectivity index (χ2n) is 8.10. The molecule has 0 bridgehead atoms. The maximum absolute atomic E-state index is 12.4. The number of nitrogens with one attached hydrogen (secondary N) is 1. The smallest absolute Gasteiger partial charge is 0.271 e. The summed E-state index contributed by atoms with van der Waals surface area (Å²) in [6.45, 7) is 6.09. The van der Waals surface area contributed by atoms with Crippen LogP contribution in [0.5, 0.6) is 0 Å². The van der Waals surface area contributed by atoms with E-state index in [9.17, 15) is 4.79 Å². The molecule has 0 radical (unpaired) electrons. The minimum atomic E-state index is -0.266. The molecule has 1 amide bonds. The number of hydrogen-bond acceptors (Lipinski definition) is 4. The summed E-state index contributed by atoms with van der Waals surface area (Å²) in [4.78, 5) is 17.3. The molecule has 0 spiro atoms. The highest BCUT2D eigenvalue weighted by Gasteiger charge is 2.17. The highest BCUT2D eigenvalue weighted by atomic mass is 35.5. The average molecular weight is 481 g/mol. The van der Waals surface area contributed by atoms with Gasteiger partial charge in [-0.25, -0.2) is 5.43 Å². The molecular formula is C26H26Cl2N4O. The lowest BCUT2D eigenvalue weighted by atomic mass is 10.1. The van der Waals surface area contributed by atoms with Crippen molar-refractivity contribution >= 4 is 35.3 Å². The summed E-state index contributed by atoms with van der Waals surface area (Å²) in [5.41, 5.74) is 6.34. The van der Waals surface area contributed by atoms with Crippen molar-refractivity contribution in [3.63, 3.8) is 0 Å². The average Bonchev–Trinajstić information content (AvgIpc) is 2.83. The van der Waals surface area contributed by atoms with Crippen molar-refractivity contribution in [2.75, 3.05) is 26.2 Å². The number of carbonyl (C=O) groups is 1. The third-order valence-corrected chi connectivity index (χ3v) is 6.23. The third kappa shape index (κ3) is 6.89. The molecule has 0 atom stereocenters. The summed E-state index contributed by atoms with van der Waals surface area (Å²) < 4.78 is 0. The lowest BCUT2D eigenvalue weighted by Gasteiger charge is -2.34. The summed E-state index contributed by atoms with van der Waals surface area (Å²) in [6.07, 6.45) is 1.50. The summed E-state index contributed by atoms with van der Waals surface area (Å²) in [7, 11) is 0. The van der Waals surface area contributed by atoms with Gasteiger partial charge in [0.05, 0.1) is 11.2 Å². The zero-order valence-corrected chi connectivity index (χ0v) is 19.8. The number of benzene rings is 3. The van der Waals surface area contributed by atoms with Crippen molar-refractivity contribution in [1.29, 1.82) is 0 Å². The summed E-state index contributed by atoms with van der Waals surface area (Å²) in [5, 5.41) is 5.03. The lowest BCUT2D eigenvalue weighted by molar-refractivity contribution is 0.0955. The summed E-state index contributed by atoms with van der Waals surface area (Å²) in [5.74, 6) is -0.266. The molecular weight excluding hydrogens is 455 g/mol. The Hall–Kier alpha value is -2.70. The molecule has 1 aliphatic heterocycles. The van der Waals surface area contributed by atoms with Gasteiger partial charge in [-0.15, -0.1) is 0 Å². The van der Waals surface area contributed by atoms with Crippen LogP contribution in [0.4, 0.5) is 0 Å². The van der Waals surface area contributed by atoms with Crippen LogP contribution in [-0.2, 0) is 13.1 Å². The third-order valence-electron chi connectivity index (χ3n) is 5.67. The van der Waals surface area contributed by atoms with Gasteiger partial charge in [-0.2, -0.15) is 5.10 Å². The van der Waals surface area contributed by atoms with Crippen LogP contribution in [-0.4, -0.2) is 48.1 Å². The number of piperazine rings is 1. The molecule has 1 heterocycles. The first-order valence-electron chi connectivity index (χ1n) is 10.9. The van der Waals surface area contributed by atoms with E-state index < -0.39 is 0 Å². The number of rotatable bonds is 7. The molecule has 3 aromatic rings. The fourth-order valence-electron chi connectivity index (χ4n) is 3.80. The number of hydrazone groups is 1. The van der Waals surface area contributed by atoms with Crippen LogP contribution >= 0.6 is 23.2 Å². The van der Waals surface area contributed by atoms with Gasteiger partial charge in [0.25, 0.3) is 5.91 Å². The van der Waals surface area contributed by atoms with Crippen molar-refractivity contribution < 1.29 is 4.79 Å². The fourth-order valence-corrected chi connectivity index (χ4v) is 4.26. The SMILES string of the molecule is O=C(N/N=C\c1ccc(Cl)cc1Cl)c1ccc(CN2CCN(Cc3ccccc3)CC2)cc1. The van der Waals surface area contributed by atoms with Crippen LogP contribution in [0, 0.1) is 0 Å². The molecule has 33 heavy (non-hydrogen) atoms. The Bertz CT molecular complexity index is 1100. The Morgan fingerprint density at radius 1 is 0.848 bits per heavy atom. The van der Waals surface area contributed by atoms with Crippen molar-refractivity contribution in [2.24, 2.45) is 5.10 Å². The molecule has 0 saturated carbocycles. The molecule has 1 fully saturated rings. The highest BCUT2D eigenvalue weighted by Crippen LogP contribution is 2.19. The molecule has 5 nitrogen and oxygen atoms in total. The van der Waals surface area contributed by atoms with Gasteiger partial charge in [0.15, 0.2) is 0 Å². The van der Waals surface area contributed by atoms with E-state index in [0.29, 0.717) is 21.2 Å². The van der Waals surface area contributed by atoms with Gasteiger partial charge in [-0.1, -0.05) is 71.7 Å². The van der Waals surface area contributed by atoms with Gasteiger partial charge >= 0.3 is 0 Å². The van der Waals surface area contributed by atoms with Crippen LogP contribution in [0.2, 0.25) is 10.0 Å². The van der Waals surface area contributed by atoms with E-state index >= 15 is 0 Å². The molecule has 7 heteroatoms. The van der Waals surface area contributed by atoms with E-state index in [2.05, 4.69) is 50.7 Å². The Balaban J connectivity index is 1.23. The first kappa shape index (κ1) is 23.5. The van der Waals surface area contributed by atoms with E-state index in [1.54, 1.807) is 18.2 Å². The molecule has 1 N–H and O–H groups in total. The number of hydrogen-bond donors (Lipinski definition) is 1. The Kier molecular flexibility index (Phi) is 8.13. The Morgan fingerprint density at radius 3 is 2.06 bits per heavy atom. The number of amides is 1. The Morgan fingerprint density at radius 2 is 1.45 bits per heavy atom. The van der Waals surface area contributed by atoms with Crippen LogP contribution in [0.1, 0.15) is 27.0 Å². The molecule has 4 rings (SSSR count). The number of nitrogens with zero attached hydrogens (tertiary/aromatic N) is 3. The molecule has 0 aromatic heterocycles. The van der Waals surface area contributed by atoms with Gasteiger partial charge in [0.2, 0.25) is 0 Å². The van der Waals surface area contributed by atoms with Gasteiger partial charge < -0.3 is 0 Å². The Labute approximate surface area is 204 Å². The molecule has 1 saturated heterocycles. The van der Waals surface area contributed by atoms with E-state index in [4.69, 9.17) is 23.2 Å². The van der Waals surface area contributed by atoms with Crippen molar-refractivity contribution in [3.05, 3.63) is 105 Å². The second-order valence-corrected chi connectivity index (χ2v) is 8.94. The maximum Gasteiger partial charge on any atom is 0.271 e. The minimum Gasteiger partial charge on any atom is -0.297 e. The second kappa shape index (κ2) is 11.4. The maximum atomic E-state index is 12.4. The largest absolute Gasteiger partial charge is 0.297 e. The van der Waals surface area contributed by atoms with Gasteiger partial charge in [-0.05, 0) is 35.4 Å². The topological polar surface area (TPSA) is 47.9 Å². The predicted molar refractivity (Wildman–Crippen MR) is 135 cm³/mol. The summed E-state index contributed by atoms with van der Waals surface area (Å²) in [6, 6.07) is 23.4. The normalized spacial score (nSPS) is 15.1. The van der Waals surface area contributed by atoms with Crippen LogP contribution in [0.25, 0.3) is 0 Å². The van der Waals surface area contributed by atoms with E-state index in [-0.39, 0.29) is 5.91 Å². The number of carbonyl (C=O) groups excluding carboxylic acids is 1. The first-order valence-corrected chi connectivity index (χ1v) is 11.7. The fraction of sp³-hybridized carbons (Fsp3) is 0.231. The summed E-state index contributed by atoms with van der Waals surface area (Å²) >= 11 is 12.0. The van der Waals surface area contributed by atoms with Gasteiger partial charge in [0, 0.05) is 55.4 Å². The van der Waals surface area contributed by atoms with Crippen molar-refractivity contribution in [1.82, 2.24) is 15.2 Å². The molecule has 0 unspecified atom stereocenters. The molecule has 170 valence electrons. The zero-order chi connectivity index (χ0) is 23.0. The van der Waals surface area contributed by atoms with E-state index in [0.717, 1.165) is 39.3 Å². The van der Waals surface area contributed by atoms with Crippen molar-refractivity contribution in [3.8, 4) is 0 Å². The molecule has 1 aliphatic rings. The van der Waals surface area contributed by atoms with Crippen LogP contribution < -0.4 is 5.43 Å². The lowest BCUT2D eigenvalue weighted by Crippen LogP contribution is -2.45. The van der Waals surface area contributed by atoms with Crippen molar-refractivity contribution in [2.45, 2.75) is 13.1 Å².